The van der Waals surface area contributed by atoms with Crippen LogP contribution in [0.2, 0.25) is 0 Å². The van der Waals surface area contributed by atoms with E-state index in [0.29, 0.717) is 11.6 Å². The van der Waals surface area contributed by atoms with E-state index in [2.05, 4.69) is 9.71 Å². The second kappa shape index (κ2) is 5.64. The molecular weight excluding hydrogens is 286 g/mol. The van der Waals surface area contributed by atoms with Crippen LogP contribution in [0.1, 0.15) is 18.5 Å². The highest BCUT2D eigenvalue weighted by atomic mass is 32.2. The van der Waals surface area contributed by atoms with E-state index in [0.717, 1.165) is 12.1 Å². The molecule has 0 saturated carbocycles. The summed E-state index contributed by atoms with van der Waals surface area (Å²) in [5.41, 5.74) is 0.695. The van der Waals surface area contributed by atoms with Crippen molar-refractivity contribution in [2.45, 2.75) is 17.9 Å². The van der Waals surface area contributed by atoms with Crippen molar-refractivity contribution in [3.8, 4) is 0 Å². The molecule has 20 heavy (non-hydrogen) atoms. The van der Waals surface area contributed by atoms with Gasteiger partial charge >= 0.3 is 0 Å². The maximum atomic E-state index is 13.1. The van der Waals surface area contributed by atoms with Crippen molar-refractivity contribution in [1.82, 2.24) is 9.71 Å². The number of pyridine rings is 1. The van der Waals surface area contributed by atoms with Gasteiger partial charge in [0.2, 0.25) is 10.0 Å². The highest BCUT2D eigenvalue weighted by Crippen LogP contribution is 2.18. The first-order valence-corrected chi connectivity index (χ1v) is 7.25. The third-order valence-corrected chi connectivity index (χ3v) is 4.20. The average Bonchev–Trinajstić information content (AvgIpc) is 2.38. The summed E-state index contributed by atoms with van der Waals surface area (Å²) < 4.78 is 52.6. The molecule has 0 radical (unpaired) electrons. The molecule has 2 aromatic rings. The second-order valence-electron chi connectivity index (χ2n) is 4.23. The maximum absolute atomic E-state index is 13.1. The molecule has 2 rings (SSSR count). The smallest absolute Gasteiger partial charge is 0.241 e. The van der Waals surface area contributed by atoms with Crippen LogP contribution in [0.25, 0.3) is 0 Å². The van der Waals surface area contributed by atoms with Crippen molar-refractivity contribution in [2.24, 2.45) is 0 Å². The van der Waals surface area contributed by atoms with Gasteiger partial charge in [-0.05, 0) is 36.8 Å². The third-order valence-electron chi connectivity index (χ3n) is 2.68. The molecule has 1 N–H and O–H groups in total. The number of halogens is 2. The van der Waals surface area contributed by atoms with Crippen LogP contribution in [0.5, 0.6) is 0 Å². The first-order chi connectivity index (χ1) is 9.38. The van der Waals surface area contributed by atoms with Gasteiger partial charge in [0.05, 0.1) is 4.90 Å². The first kappa shape index (κ1) is 14.5. The summed E-state index contributed by atoms with van der Waals surface area (Å²) in [6.07, 6.45) is 3.06. The normalized spacial score (nSPS) is 13.2. The van der Waals surface area contributed by atoms with Gasteiger partial charge in [0.1, 0.15) is 11.6 Å². The molecule has 0 bridgehead atoms. The minimum absolute atomic E-state index is 0.448. The topological polar surface area (TPSA) is 59.1 Å². The Morgan fingerprint density at radius 1 is 1.10 bits per heavy atom. The van der Waals surface area contributed by atoms with E-state index in [1.165, 1.54) is 12.4 Å². The molecule has 0 aliphatic carbocycles. The van der Waals surface area contributed by atoms with Gasteiger partial charge < -0.3 is 0 Å². The number of benzene rings is 1. The predicted molar refractivity (Wildman–Crippen MR) is 69.3 cm³/mol. The van der Waals surface area contributed by atoms with E-state index in [-0.39, 0.29) is 0 Å². The van der Waals surface area contributed by atoms with E-state index in [1.807, 2.05) is 0 Å². The van der Waals surface area contributed by atoms with Crippen LogP contribution in [0.15, 0.2) is 47.6 Å². The van der Waals surface area contributed by atoms with Crippen molar-refractivity contribution in [2.75, 3.05) is 0 Å². The fourth-order valence-electron chi connectivity index (χ4n) is 1.70. The number of hydrogen-bond acceptors (Lipinski definition) is 3. The van der Waals surface area contributed by atoms with E-state index in [4.69, 9.17) is 0 Å². The lowest BCUT2D eigenvalue weighted by Gasteiger charge is -2.14. The van der Waals surface area contributed by atoms with Crippen LogP contribution in [-0.4, -0.2) is 13.4 Å². The molecule has 1 aromatic heterocycles. The zero-order chi connectivity index (χ0) is 14.8. The van der Waals surface area contributed by atoms with Gasteiger partial charge in [-0.25, -0.2) is 21.9 Å². The summed E-state index contributed by atoms with van der Waals surface area (Å²) in [6.45, 7) is 1.63. The maximum Gasteiger partial charge on any atom is 0.241 e. The van der Waals surface area contributed by atoms with Crippen LogP contribution in [0.4, 0.5) is 8.78 Å². The Morgan fingerprint density at radius 3 is 2.20 bits per heavy atom. The summed E-state index contributed by atoms with van der Waals surface area (Å²) in [6, 6.07) is 4.91. The zero-order valence-electron chi connectivity index (χ0n) is 10.5. The quantitative estimate of drug-likeness (QED) is 0.943. The summed E-state index contributed by atoms with van der Waals surface area (Å²) in [7, 11) is -4.00. The van der Waals surface area contributed by atoms with Crippen LogP contribution < -0.4 is 4.72 Å². The highest BCUT2D eigenvalue weighted by molar-refractivity contribution is 7.89. The van der Waals surface area contributed by atoms with Crippen molar-refractivity contribution in [3.63, 3.8) is 0 Å². The highest BCUT2D eigenvalue weighted by Gasteiger charge is 2.19. The Balaban J connectivity index is 2.27. The number of hydrogen-bond donors (Lipinski definition) is 1. The molecule has 0 aliphatic heterocycles. The van der Waals surface area contributed by atoms with E-state index in [9.17, 15) is 17.2 Å². The Bertz CT molecular complexity index is 685. The molecule has 0 saturated heterocycles. The molecular formula is C13H12F2N2O2S. The minimum atomic E-state index is -4.00. The molecule has 0 spiro atoms. The zero-order valence-corrected chi connectivity index (χ0v) is 11.4. The number of nitrogens with one attached hydrogen (secondary N) is 1. The monoisotopic (exact) mass is 298 g/mol. The van der Waals surface area contributed by atoms with Crippen LogP contribution in [0, 0.1) is 11.6 Å². The fourth-order valence-corrected chi connectivity index (χ4v) is 2.98. The predicted octanol–water partition coefficient (Wildman–Crippen LogP) is 2.40. The molecule has 1 heterocycles. The summed E-state index contributed by atoms with van der Waals surface area (Å²) in [5, 5.41) is 0. The molecule has 4 nitrogen and oxygen atoms in total. The lowest BCUT2D eigenvalue weighted by molar-refractivity contribution is 0.553. The molecule has 1 unspecified atom stereocenters. The van der Waals surface area contributed by atoms with Gasteiger partial charge in [-0.2, -0.15) is 0 Å². The van der Waals surface area contributed by atoms with Crippen molar-refractivity contribution in [1.29, 1.82) is 0 Å². The summed E-state index contributed by atoms with van der Waals surface area (Å²) in [4.78, 5) is 3.38. The minimum Gasteiger partial charge on any atom is -0.265 e. The van der Waals surface area contributed by atoms with Crippen molar-refractivity contribution in [3.05, 3.63) is 59.9 Å². The Hall–Kier alpha value is -1.86. The standard InChI is InChI=1S/C13H12F2N2O2S/c1-9(10-2-4-16-5-3-10)17-20(18,19)13-7-11(14)6-12(15)8-13/h2-9,17H,1H3. The fraction of sp³-hybridized carbons (Fsp3) is 0.154. The molecule has 106 valence electrons. The Kier molecular flexibility index (Phi) is 4.10. The lowest BCUT2D eigenvalue weighted by atomic mass is 10.1. The van der Waals surface area contributed by atoms with E-state index < -0.39 is 32.6 Å². The van der Waals surface area contributed by atoms with Crippen molar-refractivity contribution >= 4 is 10.0 Å². The van der Waals surface area contributed by atoms with Crippen LogP contribution in [-0.2, 0) is 10.0 Å². The lowest BCUT2D eigenvalue weighted by Crippen LogP contribution is -2.27. The van der Waals surface area contributed by atoms with Crippen LogP contribution in [0.3, 0.4) is 0 Å². The van der Waals surface area contributed by atoms with Gasteiger partial charge in [0.15, 0.2) is 0 Å². The van der Waals surface area contributed by atoms with Crippen LogP contribution >= 0.6 is 0 Å². The van der Waals surface area contributed by atoms with Gasteiger partial charge in [-0.1, -0.05) is 0 Å². The first-order valence-electron chi connectivity index (χ1n) is 5.77. The largest absolute Gasteiger partial charge is 0.265 e. The molecule has 0 aliphatic rings. The van der Waals surface area contributed by atoms with E-state index in [1.54, 1.807) is 19.1 Å². The van der Waals surface area contributed by atoms with Gasteiger partial charge in [0, 0.05) is 24.5 Å². The molecule has 0 fully saturated rings. The number of nitrogens with zero attached hydrogens (tertiary/aromatic N) is 1. The summed E-state index contributed by atoms with van der Waals surface area (Å²) in [5.74, 6) is -1.89. The van der Waals surface area contributed by atoms with Gasteiger partial charge in [0.25, 0.3) is 0 Å². The van der Waals surface area contributed by atoms with Gasteiger partial charge in [-0.3, -0.25) is 4.98 Å². The third kappa shape index (κ3) is 3.37. The summed E-state index contributed by atoms with van der Waals surface area (Å²) >= 11 is 0. The Labute approximate surface area is 115 Å². The number of aromatic nitrogens is 1. The Morgan fingerprint density at radius 2 is 1.65 bits per heavy atom. The average molecular weight is 298 g/mol. The molecule has 1 atom stereocenters. The molecule has 7 heteroatoms. The van der Waals surface area contributed by atoms with Gasteiger partial charge in [-0.15, -0.1) is 0 Å². The number of sulfonamides is 1. The van der Waals surface area contributed by atoms with Crippen molar-refractivity contribution < 1.29 is 17.2 Å². The molecule has 1 aromatic carbocycles. The molecule has 0 amide bonds. The SMILES string of the molecule is CC(NS(=O)(=O)c1cc(F)cc(F)c1)c1ccncc1. The number of rotatable bonds is 4. The van der Waals surface area contributed by atoms with E-state index >= 15 is 0 Å². The second-order valence-corrected chi connectivity index (χ2v) is 5.94.